The number of carbonyl (C=O) groups excluding carboxylic acids is 1. The molecule has 1 saturated heterocycles. The minimum absolute atomic E-state index is 0.205. The highest BCUT2D eigenvalue weighted by molar-refractivity contribution is 9.10. The lowest BCUT2D eigenvalue weighted by atomic mass is 9.95. The van der Waals surface area contributed by atoms with Crippen molar-refractivity contribution < 1.29 is 4.79 Å². The third-order valence-corrected chi connectivity index (χ3v) is 7.04. The van der Waals surface area contributed by atoms with Crippen LogP contribution in [0.2, 0.25) is 0 Å². The molecule has 0 bridgehead atoms. The van der Waals surface area contributed by atoms with Crippen molar-refractivity contribution >= 4 is 27.5 Å². The van der Waals surface area contributed by atoms with E-state index in [2.05, 4.69) is 74.4 Å². The lowest BCUT2D eigenvalue weighted by Gasteiger charge is -2.36. The Kier molecular flexibility index (Phi) is 6.79. The number of unbranched alkanes of at least 4 members (excludes halogenated alkanes) is 1. The van der Waals surface area contributed by atoms with Crippen LogP contribution in [0.5, 0.6) is 0 Å². The summed E-state index contributed by atoms with van der Waals surface area (Å²) >= 11 is 3.47. The summed E-state index contributed by atoms with van der Waals surface area (Å²) in [6.07, 6.45) is 4.10. The monoisotopic (exact) mass is 469 g/mol. The summed E-state index contributed by atoms with van der Waals surface area (Å²) in [5, 5.41) is 3.19. The average Bonchev–Trinajstić information content (AvgIpc) is 3.56. The van der Waals surface area contributed by atoms with E-state index in [0.717, 1.165) is 75.0 Å². The summed E-state index contributed by atoms with van der Waals surface area (Å²) in [5.74, 6) is 0.205. The molecule has 2 aromatic rings. The van der Waals surface area contributed by atoms with Gasteiger partial charge in [0.25, 0.3) is 0 Å². The van der Waals surface area contributed by atoms with E-state index in [9.17, 15) is 4.79 Å². The topological polar surface area (TPSA) is 35.6 Å². The van der Waals surface area contributed by atoms with Gasteiger partial charge in [0, 0.05) is 42.9 Å². The van der Waals surface area contributed by atoms with Crippen molar-refractivity contribution in [2.75, 3.05) is 44.2 Å². The molecule has 4 nitrogen and oxygen atoms in total. The van der Waals surface area contributed by atoms with Crippen LogP contribution in [0, 0.1) is 6.92 Å². The van der Waals surface area contributed by atoms with Gasteiger partial charge in [-0.3, -0.25) is 9.69 Å². The van der Waals surface area contributed by atoms with Gasteiger partial charge in [0.15, 0.2) is 0 Å². The molecular formula is C25H32BrN3O. The average molecular weight is 470 g/mol. The fraction of sp³-hybridized carbons (Fsp3) is 0.480. The van der Waals surface area contributed by atoms with Crippen LogP contribution in [-0.4, -0.2) is 50.1 Å². The number of nitrogens with one attached hydrogen (secondary N) is 1. The Balaban J connectivity index is 1.13. The van der Waals surface area contributed by atoms with Gasteiger partial charge in [-0.25, -0.2) is 0 Å². The molecule has 2 aromatic carbocycles. The van der Waals surface area contributed by atoms with Gasteiger partial charge in [0.2, 0.25) is 5.91 Å². The summed E-state index contributed by atoms with van der Waals surface area (Å²) in [4.78, 5) is 17.8. The van der Waals surface area contributed by atoms with Crippen molar-refractivity contribution in [1.29, 1.82) is 0 Å². The molecule has 0 atom stereocenters. The highest BCUT2D eigenvalue weighted by Crippen LogP contribution is 2.48. The molecule has 1 amide bonds. The van der Waals surface area contributed by atoms with E-state index in [-0.39, 0.29) is 11.3 Å². The third-order valence-electron chi connectivity index (χ3n) is 6.51. The first kappa shape index (κ1) is 21.4. The summed E-state index contributed by atoms with van der Waals surface area (Å²) in [5.41, 5.74) is 3.55. The second-order valence-corrected chi connectivity index (χ2v) is 9.64. The molecule has 1 aliphatic carbocycles. The minimum Gasteiger partial charge on any atom is -0.369 e. The van der Waals surface area contributed by atoms with Gasteiger partial charge >= 0.3 is 0 Å². The summed E-state index contributed by atoms with van der Waals surface area (Å²) in [7, 11) is 0. The number of piperazine rings is 1. The number of hydrogen-bond donors (Lipinski definition) is 1. The predicted octanol–water partition coefficient (Wildman–Crippen LogP) is 4.51. The Morgan fingerprint density at radius 3 is 2.43 bits per heavy atom. The quantitative estimate of drug-likeness (QED) is 0.577. The zero-order valence-corrected chi connectivity index (χ0v) is 19.5. The van der Waals surface area contributed by atoms with Crippen LogP contribution in [0.3, 0.4) is 0 Å². The lowest BCUT2D eigenvalue weighted by molar-refractivity contribution is -0.123. The standard InChI is InChI=1S/C25H32BrN3O/c1-20-5-4-6-23(19-20)29-17-15-28(16-18-29)14-3-2-13-27-24(30)25(11-12-25)21-7-9-22(26)10-8-21/h4-10,19H,2-3,11-18H2,1H3,(H,27,30). The van der Waals surface area contributed by atoms with Crippen molar-refractivity contribution in [3.8, 4) is 0 Å². The summed E-state index contributed by atoms with van der Waals surface area (Å²) in [6.45, 7) is 8.48. The third kappa shape index (κ3) is 5.06. The molecule has 4 rings (SSSR count). The Bertz CT molecular complexity index is 855. The molecule has 0 unspecified atom stereocenters. The van der Waals surface area contributed by atoms with Crippen LogP contribution in [0.4, 0.5) is 5.69 Å². The number of aryl methyl sites for hydroxylation is 1. The largest absolute Gasteiger partial charge is 0.369 e. The van der Waals surface area contributed by atoms with Gasteiger partial charge in [-0.2, -0.15) is 0 Å². The second-order valence-electron chi connectivity index (χ2n) is 8.72. The number of halogens is 1. The Hall–Kier alpha value is -1.85. The molecular weight excluding hydrogens is 438 g/mol. The van der Waals surface area contributed by atoms with E-state index in [1.807, 2.05) is 12.1 Å². The number of hydrogen-bond acceptors (Lipinski definition) is 3. The first-order valence-electron chi connectivity index (χ1n) is 11.2. The lowest BCUT2D eigenvalue weighted by Crippen LogP contribution is -2.46. The maximum atomic E-state index is 12.7. The number of carbonyl (C=O) groups is 1. The first-order valence-corrected chi connectivity index (χ1v) is 11.9. The van der Waals surface area contributed by atoms with Crippen LogP contribution >= 0.6 is 15.9 Å². The summed E-state index contributed by atoms with van der Waals surface area (Å²) < 4.78 is 1.06. The highest BCUT2D eigenvalue weighted by atomic mass is 79.9. The number of amides is 1. The second kappa shape index (κ2) is 9.52. The van der Waals surface area contributed by atoms with E-state index >= 15 is 0 Å². The van der Waals surface area contributed by atoms with Gasteiger partial charge in [-0.1, -0.05) is 40.2 Å². The van der Waals surface area contributed by atoms with Crippen LogP contribution in [0.15, 0.2) is 53.0 Å². The molecule has 30 heavy (non-hydrogen) atoms. The van der Waals surface area contributed by atoms with E-state index in [1.54, 1.807) is 0 Å². The van der Waals surface area contributed by atoms with Crippen LogP contribution < -0.4 is 10.2 Å². The van der Waals surface area contributed by atoms with Crippen LogP contribution in [-0.2, 0) is 10.2 Å². The smallest absolute Gasteiger partial charge is 0.230 e. The van der Waals surface area contributed by atoms with Crippen molar-refractivity contribution in [2.24, 2.45) is 0 Å². The predicted molar refractivity (Wildman–Crippen MR) is 127 cm³/mol. The molecule has 0 radical (unpaired) electrons. The molecule has 1 heterocycles. The molecule has 1 saturated carbocycles. The Labute approximate surface area is 188 Å². The molecule has 0 spiro atoms. The fourth-order valence-electron chi connectivity index (χ4n) is 4.43. The molecule has 1 aliphatic heterocycles. The summed E-state index contributed by atoms with van der Waals surface area (Å²) in [6, 6.07) is 17.0. The maximum absolute atomic E-state index is 12.7. The van der Waals surface area contributed by atoms with E-state index in [4.69, 9.17) is 0 Å². The number of rotatable bonds is 8. The molecule has 1 N–H and O–H groups in total. The zero-order chi connectivity index (χ0) is 21.0. The van der Waals surface area contributed by atoms with E-state index in [1.165, 1.54) is 11.3 Å². The number of nitrogens with zero attached hydrogens (tertiary/aromatic N) is 2. The molecule has 5 heteroatoms. The number of benzene rings is 2. The van der Waals surface area contributed by atoms with Crippen LogP contribution in [0.1, 0.15) is 36.8 Å². The van der Waals surface area contributed by atoms with Gasteiger partial charge in [0.05, 0.1) is 5.41 Å². The Morgan fingerprint density at radius 1 is 1.03 bits per heavy atom. The minimum atomic E-state index is -0.271. The van der Waals surface area contributed by atoms with E-state index < -0.39 is 0 Å². The van der Waals surface area contributed by atoms with Crippen molar-refractivity contribution in [3.63, 3.8) is 0 Å². The van der Waals surface area contributed by atoms with Crippen LogP contribution in [0.25, 0.3) is 0 Å². The van der Waals surface area contributed by atoms with E-state index in [0.29, 0.717) is 0 Å². The molecule has 2 fully saturated rings. The van der Waals surface area contributed by atoms with Crippen molar-refractivity contribution in [3.05, 3.63) is 64.1 Å². The van der Waals surface area contributed by atoms with Gasteiger partial charge in [-0.15, -0.1) is 0 Å². The first-order chi connectivity index (χ1) is 14.6. The molecule has 0 aromatic heterocycles. The number of anilines is 1. The zero-order valence-electron chi connectivity index (χ0n) is 17.9. The molecule has 160 valence electrons. The normalized spacial score (nSPS) is 18.3. The Morgan fingerprint density at radius 2 is 1.77 bits per heavy atom. The highest BCUT2D eigenvalue weighted by Gasteiger charge is 2.50. The van der Waals surface area contributed by atoms with Gasteiger partial charge in [-0.05, 0) is 74.5 Å². The fourth-order valence-corrected chi connectivity index (χ4v) is 4.69. The van der Waals surface area contributed by atoms with Gasteiger partial charge in [0.1, 0.15) is 0 Å². The maximum Gasteiger partial charge on any atom is 0.230 e. The molecule has 2 aliphatic rings. The van der Waals surface area contributed by atoms with Crippen molar-refractivity contribution in [2.45, 2.75) is 38.0 Å². The van der Waals surface area contributed by atoms with Gasteiger partial charge < -0.3 is 10.2 Å². The van der Waals surface area contributed by atoms with Crippen molar-refractivity contribution in [1.82, 2.24) is 10.2 Å². The SMILES string of the molecule is Cc1cccc(N2CCN(CCCCNC(=O)C3(c4ccc(Br)cc4)CC3)CC2)c1.